The zero-order chi connectivity index (χ0) is 20.9. The van der Waals surface area contributed by atoms with Crippen molar-refractivity contribution in [2.75, 3.05) is 11.9 Å². The van der Waals surface area contributed by atoms with Crippen molar-refractivity contribution < 1.29 is 17.9 Å². The normalized spacial score (nSPS) is 19.6. The number of fused-ring (bicyclic) bond motifs is 3. The topological polar surface area (TPSA) is 102 Å². The Hall–Kier alpha value is -2.55. The Bertz CT molecular complexity index is 1090. The molecule has 1 aromatic heterocycles. The quantitative estimate of drug-likeness (QED) is 0.777. The molecule has 1 aromatic carbocycles. The summed E-state index contributed by atoms with van der Waals surface area (Å²) in [6.45, 7) is 3.11. The van der Waals surface area contributed by atoms with Crippen LogP contribution in [0.1, 0.15) is 48.4 Å². The number of hydrogen-bond acceptors (Lipinski definition) is 5. The molecule has 1 atom stereocenters. The molecule has 2 heterocycles. The Morgan fingerprint density at radius 1 is 1.20 bits per heavy atom. The van der Waals surface area contributed by atoms with Crippen LogP contribution in [-0.2, 0) is 42.3 Å². The van der Waals surface area contributed by atoms with Crippen molar-refractivity contribution in [3.8, 4) is 5.88 Å². The number of hydrogen-bond donors (Lipinski definition) is 2. The number of carbonyl (C=O) groups is 1. The molecule has 0 bridgehead atoms. The average Bonchev–Trinajstić information content (AvgIpc) is 3.45. The predicted octanol–water partition coefficient (Wildman–Crippen LogP) is 2.79. The van der Waals surface area contributed by atoms with Gasteiger partial charge in [0.2, 0.25) is 5.88 Å². The summed E-state index contributed by atoms with van der Waals surface area (Å²) in [6, 6.07) is 1.52. The second kappa shape index (κ2) is 7.30. The van der Waals surface area contributed by atoms with Gasteiger partial charge in [-0.2, -0.15) is 5.10 Å². The molecule has 9 heteroatoms. The Kier molecular flexibility index (Phi) is 4.72. The van der Waals surface area contributed by atoms with Crippen LogP contribution in [0, 0.1) is 5.92 Å². The van der Waals surface area contributed by atoms with E-state index in [1.165, 1.54) is 17.3 Å². The molecule has 0 unspecified atom stereocenters. The van der Waals surface area contributed by atoms with Crippen LogP contribution in [0.2, 0.25) is 0 Å². The molecular formula is C21H26N4O4S. The van der Waals surface area contributed by atoms with E-state index in [0.717, 1.165) is 61.8 Å². The molecule has 160 valence electrons. The second-order valence-electron chi connectivity index (χ2n) is 8.38. The second-order valence-corrected chi connectivity index (χ2v) is 10.0. The minimum absolute atomic E-state index is 0.101. The number of benzene rings is 1. The average molecular weight is 431 g/mol. The molecule has 30 heavy (non-hydrogen) atoms. The summed E-state index contributed by atoms with van der Waals surface area (Å²) in [5, 5.41) is 7.01. The number of aryl methyl sites for hydroxylation is 2. The number of rotatable bonds is 4. The highest BCUT2D eigenvalue weighted by Gasteiger charge is 2.31. The maximum atomic E-state index is 12.9. The number of anilines is 1. The van der Waals surface area contributed by atoms with E-state index in [0.29, 0.717) is 19.1 Å². The number of nitrogens with zero attached hydrogens (tertiary/aromatic N) is 2. The lowest BCUT2D eigenvalue weighted by atomic mass is 9.99. The Labute approximate surface area is 176 Å². The molecular weight excluding hydrogens is 404 g/mol. The first kappa shape index (κ1) is 19.4. The monoisotopic (exact) mass is 430 g/mol. The van der Waals surface area contributed by atoms with Crippen LogP contribution in [0.25, 0.3) is 0 Å². The van der Waals surface area contributed by atoms with Gasteiger partial charge in [-0.05, 0) is 67.2 Å². The predicted molar refractivity (Wildman–Crippen MR) is 111 cm³/mol. The van der Waals surface area contributed by atoms with Gasteiger partial charge in [-0.25, -0.2) is 22.6 Å². The zero-order valence-electron chi connectivity index (χ0n) is 17.0. The number of amides is 2. The van der Waals surface area contributed by atoms with Gasteiger partial charge < -0.3 is 10.1 Å². The minimum atomic E-state index is -4.10. The van der Waals surface area contributed by atoms with E-state index in [9.17, 15) is 13.2 Å². The van der Waals surface area contributed by atoms with E-state index < -0.39 is 16.1 Å². The largest absolute Gasteiger partial charge is 0.476 e. The number of aromatic nitrogens is 2. The SMILES string of the molecule is CC[C@@H]1COc2c(S(=O)(=O)NC(=O)Nc3c4c(cc5c3CCC5)CCC4)cnn2C1. The summed E-state index contributed by atoms with van der Waals surface area (Å²) in [6.07, 6.45) is 8.14. The highest BCUT2D eigenvalue weighted by atomic mass is 32.2. The van der Waals surface area contributed by atoms with Gasteiger partial charge in [0.25, 0.3) is 10.0 Å². The number of carbonyl (C=O) groups excluding carboxylic acids is 1. The molecule has 2 aromatic rings. The minimum Gasteiger partial charge on any atom is -0.476 e. The van der Waals surface area contributed by atoms with Crippen molar-refractivity contribution in [1.29, 1.82) is 0 Å². The van der Waals surface area contributed by atoms with Crippen molar-refractivity contribution >= 4 is 21.7 Å². The lowest BCUT2D eigenvalue weighted by Gasteiger charge is -2.23. The molecule has 1 aliphatic heterocycles. The molecule has 2 aliphatic carbocycles. The van der Waals surface area contributed by atoms with E-state index in [1.807, 2.05) is 0 Å². The van der Waals surface area contributed by atoms with E-state index in [4.69, 9.17) is 4.74 Å². The molecule has 8 nitrogen and oxygen atoms in total. The molecule has 2 N–H and O–H groups in total. The Balaban J connectivity index is 1.38. The lowest BCUT2D eigenvalue weighted by molar-refractivity contribution is 0.157. The summed E-state index contributed by atoms with van der Waals surface area (Å²) in [7, 11) is -4.10. The third-order valence-electron chi connectivity index (χ3n) is 6.45. The standard InChI is InChI=1S/C21H26N4O4S/c1-2-13-11-25-20(29-12-13)18(10-22-25)30(27,28)24-21(26)23-19-16-7-3-5-14(16)9-15-6-4-8-17(15)19/h9-10,13H,2-8,11-12H2,1H3,(H2,23,24,26)/t13-/m0/s1. The summed E-state index contributed by atoms with van der Waals surface area (Å²) in [4.78, 5) is 12.6. The van der Waals surface area contributed by atoms with E-state index in [-0.39, 0.29) is 10.8 Å². The molecule has 0 radical (unpaired) electrons. The molecule has 2 amide bonds. The molecule has 0 saturated carbocycles. The highest BCUT2D eigenvalue weighted by Crippen LogP contribution is 2.38. The van der Waals surface area contributed by atoms with Crippen LogP contribution >= 0.6 is 0 Å². The lowest BCUT2D eigenvalue weighted by Crippen LogP contribution is -2.35. The van der Waals surface area contributed by atoms with Crippen molar-refractivity contribution in [2.45, 2.75) is 63.3 Å². The van der Waals surface area contributed by atoms with E-state index in [2.05, 4.69) is 28.1 Å². The van der Waals surface area contributed by atoms with Gasteiger partial charge >= 0.3 is 6.03 Å². The first-order valence-corrected chi connectivity index (χ1v) is 12.1. The fraction of sp³-hybridized carbons (Fsp3) is 0.524. The fourth-order valence-corrected chi connectivity index (χ4v) is 5.83. The number of ether oxygens (including phenoxy) is 1. The highest BCUT2D eigenvalue weighted by molar-refractivity contribution is 7.90. The van der Waals surface area contributed by atoms with Gasteiger partial charge in [0, 0.05) is 11.6 Å². The smallest absolute Gasteiger partial charge is 0.333 e. The molecule has 0 fully saturated rings. The first-order chi connectivity index (χ1) is 14.5. The van der Waals surface area contributed by atoms with Gasteiger partial charge in [0.05, 0.1) is 19.3 Å². The van der Waals surface area contributed by atoms with Gasteiger partial charge in [-0.1, -0.05) is 13.0 Å². The summed E-state index contributed by atoms with van der Waals surface area (Å²) >= 11 is 0. The Morgan fingerprint density at radius 2 is 1.90 bits per heavy atom. The van der Waals surface area contributed by atoms with Crippen LogP contribution in [-0.4, -0.2) is 30.8 Å². The third kappa shape index (κ3) is 3.25. The maximum absolute atomic E-state index is 12.9. The van der Waals surface area contributed by atoms with Crippen molar-refractivity contribution in [1.82, 2.24) is 14.5 Å². The first-order valence-electron chi connectivity index (χ1n) is 10.6. The summed E-state index contributed by atoms with van der Waals surface area (Å²) in [5.41, 5.74) is 5.67. The third-order valence-corrected chi connectivity index (χ3v) is 7.77. The number of sulfonamides is 1. The fourth-order valence-electron chi connectivity index (χ4n) is 4.84. The van der Waals surface area contributed by atoms with Gasteiger partial charge in [-0.15, -0.1) is 0 Å². The molecule has 0 saturated heterocycles. The van der Waals surface area contributed by atoms with Crippen molar-refractivity contribution in [3.05, 3.63) is 34.5 Å². The molecule has 0 spiro atoms. The van der Waals surface area contributed by atoms with Crippen LogP contribution in [0.3, 0.4) is 0 Å². The molecule has 3 aliphatic rings. The van der Waals surface area contributed by atoms with Crippen LogP contribution in [0.15, 0.2) is 17.2 Å². The van der Waals surface area contributed by atoms with Crippen molar-refractivity contribution in [3.63, 3.8) is 0 Å². The van der Waals surface area contributed by atoms with E-state index >= 15 is 0 Å². The maximum Gasteiger partial charge on any atom is 0.333 e. The Morgan fingerprint density at radius 3 is 2.57 bits per heavy atom. The van der Waals surface area contributed by atoms with Crippen molar-refractivity contribution in [2.24, 2.45) is 5.92 Å². The van der Waals surface area contributed by atoms with Crippen LogP contribution in [0.5, 0.6) is 5.88 Å². The number of nitrogens with one attached hydrogen (secondary N) is 2. The number of urea groups is 1. The van der Waals surface area contributed by atoms with Crippen LogP contribution in [0.4, 0.5) is 10.5 Å². The van der Waals surface area contributed by atoms with Gasteiger partial charge in [-0.3, -0.25) is 0 Å². The summed E-state index contributed by atoms with van der Waals surface area (Å²) in [5.74, 6) is 0.493. The molecule has 5 rings (SSSR count). The van der Waals surface area contributed by atoms with Gasteiger partial charge in [0.1, 0.15) is 0 Å². The summed E-state index contributed by atoms with van der Waals surface area (Å²) < 4.78 is 35.1. The van der Waals surface area contributed by atoms with Gasteiger partial charge in [0.15, 0.2) is 4.90 Å². The van der Waals surface area contributed by atoms with E-state index in [1.54, 1.807) is 4.68 Å². The zero-order valence-corrected chi connectivity index (χ0v) is 17.8. The van der Waals surface area contributed by atoms with Crippen LogP contribution < -0.4 is 14.8 Å².